The van der Waals surface area contributed by atoms with Gasteiger partial charge in [-0.1, -0.05) is 6.58 Å². The van der Waals surface area contributed by atoms with Gasteiger partial charge in [0.25, 0.3) is 0 Å². The number of carbonyl (C=O) groups excluding carboxylic acids is 1. The second kappa shape index (κ2) is 5.74. The van der Waals surface area contributed by atoms with Gasteiger partial charge in [-0.3, -0.25) is 0 Å². The highest BCUT2D eigenvalue weighted by Gasteiger charge is 2.54. The molecule has 4 rings (SSSR count). The molecule has 25 heavy (non-hydrogen) atoms. The zero-order valence-corrected chi connectivity index (χ0v) is 13.8. The molecular formula is C19H18O6. The third-order valence-corrected chi connectivity index (χ3v) is 4.70. The first-order chi connectivity index (χ1) is 11.9. The molecular weight excluding hydrogens is 324 g/mol. The number of carbonyl (C=O) groups is 1. The minimum Gasteiger partial charge on any atom is -0.491 e. The van der Waals surface area contributed by atoms with E-state index in [2.05, 4.69) is 6.58 Å². The average molecular weight is 342 g/mol. The van der Waals surface area contributed by atoms with E-state index in [0.29, 0.717) is 36.4 Å². The van der Waals surface area contributed by atoms with E-state index in [1.165, 1.54) is 6.07 Å². The van der Waals surface area contributed by atoms with Crippen LogP contribution in [0.2, 0.25) is 0 Å². The molecule has 0 radical (unpaired) electrons. The van der Waals surface area contributed by atoms with Crippen molar-refractivity contribution in [3.8, 4) is 5.75 Å². The topological polar surface area (TPSA) is 78.3 Å². The van der Waals surface area contributed by atoms with Crippen LogP contribution in [0.1, 0.15) is 19.8 Å². The molecule has 2 aliphatic heterocycles. The molecule has 6 nitrogen and oxygen atoms in total. The maximum Gasteiger partial charge on any atom is 0.336 e. The number of fused-ring (bicyclic) bond motifs is 1. The van der Waals surface area contributed by atoms with Crippen molar-refractivity contribution in [2.24, 2.45) is 0 Å². The fourth-order valence-corrected chi connectivity index (χ4v) is 3.18. The minimum atomic E-state index is -0.393. The van der Waals surface area contributed by atoms with Crippen molar-refractivity contribution in [2.75, 3.05) is 6.61 Å². The summed E-state index contributed by atoms with van der Waals surface area (Å²) >= 11 is 0. The standard InChI is InChI=1S/C19H18O6/c1-11-7-14(23-18(11)21)9-19(2)16(25-19)10-22-13-5-3-12-4-6-17(20)24-15(12)8-13/h3-6,8,14,16H,1,7,9-10H2,2H3/t14-,16+,19-/m0/s1. The van der Waals surface area contributed by atoms with Crippen LogP contribution >= 0.6 is 0 Å². The fourth-order valence-electron chi connectivity index (χ4n) is 3.18. The number of rotatable bonds is 5. The summed E-state index contributed by atoms with van der Waals surface area (Å²) in [4.78, 5) is 22.7. The molecule has 1 aromatic heterocycles. The van der Waals surface area contributed by atoms with Gasteiger partial charge in [-0.2, -0.15) is 0 Å². The zero-order valence-electron chi connectivity index (χ0n) is 13.8. The van der Waals surface area contributed by atoms with Crippen molar-refractivity contribution in [3.63, 3.8) is 0 Å². The molecule has 0 aliphatic carbocycles. The van der Waals surface area contributed by atoms with Gasteiger partial charge in [-0.25, -0.2) is 9.59 Å². The average Bonchev–Trinajstić information content (AvgIpc) is 3.10. The molecule has 2 aromatic rings. The van der Waals surface area contributed by atoms with Crippen LogP contribution in [0.3, 0.4) is 0 Å². The summed E-state index contributed by atoms with van der Waals surface area (Å²) in [6, 6.07) is 8.45. The van der Waals surface area contributed by atoms with Crippen LogP contribution in [0.5, 0.6) is 5.75 Å². The molecule has 0 unspecified atom stereocenters. The van der Waals surface area contributed by atoms with Crippen LogP contribution in [-0.2, 0) is 14.3 Å². The Morgan fingerprint density at radius 2 is 2.08 bits per heavy atom. The molecule has 0 spiro atoms. The van der Waals surface area contributed by atoms with Crippen LogP contribution < -0.4 is 10.4 Å². The lowest BCUT2D eigenvalue weighted by Gasteiger charge is -2.12. The summed E-state index contributed by atoms with van der Waals surface area (Å²) in [6.07, 6.45) is 0.927. The van der Waals surface area contributed by atoms with Gasteiger partial charge >= 0.3 is 11.6 Å². The normalized spacial score (nSPS) is 28.2. The monoisotopic (exact) mass is 342 g/mol. The molecule has 0 bridgehead atoms. The summed E-state index contributed by atoms with van der Waals surface area (Å²) in [7, 11) is 0. The number of epoxide rings is 1. The van der Waals surface area contributed by atoms with Crippen LogP contribution in [0.4, 0.5) is 0 Å². The Bertz CT molecular complexity index is 898. The molecule has 0 amide bonds. The van der Waals surface area contributed by atoms with Crippen molar-refractivity contribution in [1.29, 1.82) is 0 Å². The lowest BCUT2D eigenvalue weighted by atomic mass is 9.98. The Hall–Kier alpha value is -2.60. The van der Waals surface area contributed by atoms with Gasteiger partial charge in [0.2, 0.25) is 0 Å². The van der Waals surface area contributed by atoms with Gasteiger partial charge in [0.05, 0.1) is 5.60 Å². The van der Waals surface area contributed by atoms with Crippen LogP contribution in [-0.4, -0.2) is 30.4 Å². The number of hydrogen-bond acceptors (Lipinski definition) is 6. The minimum absolute atomic E-state index is 0.0708. The fraction of sp³-hybridized carbons (Fsp3) is 0.368. The lowest BCUT2D eigenvalue weighted by molar-refractivity contribution is -0.139. The van der Waals surface area contributed by atoms with Gasteiger partial charge in [0, 0.05) is 35.9 Å². The summed E-state index contributed by atoms with van der Waals surface area (Å²) in [6.45, 7) is 6.05. The van der Waals surface area contributed by atoms with Gasteiger partial charge in [0.15, 0.2) is 0 Å². The maximum absolute atomic E-state index is 11.4. The van der Waals surface area contributed by atoms with E-state index in [4.69, 9.17) is 18.6 Å². The van der Waals surface area contributed by atoms with E-state index < -0.39 is 5.63 Å². The van der Waals surface area contributed by atoms with Crippen LogP contribution in [0.15, 0.2) is 51.7 Å². The Morgan fingerprint density at radius 3 is 2.84 bits per heavy atom. The molecule has 3 atom stereocenters. The summed E-state index contributed by atoms with van der Waals surface area (Å²) in [5, 5.41) is 0.836. The van der Waals surface area contributed by atoms with Crippen molar-refractivity contribution in [3.05, 3.63) is 52.9 Å². The SMILES string of the molecule is C=C1C[C@@H](C[C@]2(C)O[C@@H]2COc2ccc3ccc(=O)oc3c2)OC1=O. The first-order valence-electron chi connectivity index (χ1n) is 8.16. The van der Waals surface area contributed by atoms with E-state index >= 15 is 0 Å². The molecule has 3 heterocycles. The summed E-state index contributed by atoms with van der Waals surface area (Å²) in [5.74, 6) is 0.292. The largest absolute Gasteiger partial charge is 0.491 e. The summed E-state index contributed by atoms with van der Waals surface area (Å²) < 4.78 is 21.9. The quantitative estimate of drug-likeness (QED) is 0.360. The molecule has 2 aliphatic rings. The Morgan fingerprint density at radius 1 is 1.28 bits per heavy atom. The molecule has 1 aromatic carbocycles. The lowest BCUT2D eigenvalue weighted by Crippen LogP contribution is -2.22. The number of ether oxygens (including phenoxy) is 3. The van der Waals surface area contributed by atoms with Gasteiger partial charge in [0.1, 0.15) is 30.1 Å². The van der Waals surface area contributed by atoms with Gasteiger partial charge in [-0.05, 0) is 25.1 Å². The van der Waals surface area contributed by atoms with E-state index in [9.17, 15) is 9.59 Å². The molecule has 0 N–H and O–H groups in total. The van der Waals surface area contributed by atoms with E-state index in [0.717, 1.165) is 5.39 Å². The predicted molar refractivity (Wildman–Crippen MR) is 89.5 cm³/mol. The predicted octanol–water partition coefficient (Wildman–Crippen LogP) is 2.59. The molecule has 2 saturated heterocycles. The molecule has 130 valence electrons. The van der Waals surface area contributed by atoms with Gasteiger partial charge in [-0.15, -0.1) is 0 Å². The Kier molecular flexibility index (Phi) is 3.65. The number of benzene rings is 1. The maximum atomic E-state index is 11.4. The Balaban J connectivity index is 1.35. The molecule has 6 heteroatoms. The van der Waals surface area contributed by atoms with E-state index in [1.54, 1.807) is 12.1 Å². The second-order valence-electron chi connectivity index (χ2n) is 6.72. The smallest absolute Gasteiger partial charge is 0.336 e. The van der Waals surface area contributed by atoms with Crippen LogP contribution in [0.25, 0.3) is 11.0 Å². The van der Waals surface area contributed by atoms with Crippen molar-refractivity contribution in [2.45, 2.75) is 37.6 Å². The van der Waals surface area contributed by atoms with Crippen LogP contribution in [0, 0.1) is 0 Å². The number of cyclic esters (lactones) is 1. The van der Waals surface area contributed by atoms with Crippen molar-refractivity contribution < 1.29 is 23.4 Å². The highest BCUT2D eigenvalue weighted by atomic mass is 16.6. The van der Waals surface area contributed by atoms with Crippen molar-refractivity contribution in [1.82, 2.24) is 0 Å². The molecule has 0 saturated carbocycles. The Labute approximate surface area is 144 Å². The third kappa shape index (κ3) is 3.17. The zero-order chi connectivity index (χ0) is 17.6. The first-order valence-corrected chi connectivity index (χ1v) is 8.16. The van der Waals surface area contributed by atoms with Gasteiger partial charge < -0.3 is 18.6 Å². The van der Waals surface area contributed by atoms with Crippen molar-refractivity contribution >= 4 is 16.9 Å². The second-order valence-corrected chi connectivity index (χ2v) is 6.72. The highest BCUT2D eigenvalue weighted by molar-refractivity contribution is 5.89. The highest BCUT2D eigenvalue weighted by Crippen LogP contribution is 2.43. The number of hydrogen-bond donors (Lipinski definition) is 0. The first kappa shape index (κ1) is 15.9. The van der Waals surface area contributed by atoms with E-state index in [1.807, 2.05) is 19.1 Å². The van der Waals surface area contributed by atoms with E-state index in [-0.39, 0.29) is 23.8 Å². The number of esters is 1. The third-order valence-electron chi connectivity index (χ3n) is 4.70. The summed E-state index contributed by atoms with van der Waals surface area (Å²) in [5.41, 5.74) is 0.245. The molecule has 2 fully saturated rings.